The molecule has 0 radical (unpaired) electrons. The molecular formula is C21H19F2N3O4S. The standard InChI is InChI=1S/C21H19F2N3O4S/c1-21(13-6-4-3-5-7-13)12-30-19-17(31(28,29)25-21)11-26(2)18(19)20(27)24-14-8-9-15(22)16(23)10-14/h3-11,25H,12H2,1-2H3,(H,24,27). The van der Waals surface area contributed by atoms with Crippen LogP contribution in [0, 0.1) is 11.6 Å². The van der Waals surface area contributed by atoms with Crippen LogP contribution < -0.4 is 14.8 Å². The molecule has 1 aliphatic heterocycles. The van der Waals surface area contributed by atoms with Crippen LogP contribution in [-0.4, -0.2) is 25.5 Å². The summed E-state index contributed by atoms with van der Waals surface area (Å²) in [5, 5.41) is 2.44. The van der Waals surface area contributed by atoms with E-state index in [0.29, 0.717) is 5.56 Å². The summed E-state index contributed by atoms with van der Waals surface area (Å²) in [6.07, 6.45) is 1.27. The zero-order valence-electron chi connectivity index (χ0n) is 16.6. The molecule has 3 aromatic rings. The molecule has 0 saturated heterocycles. The SMILES string of the molecule is Cn1cc2c(c1C(=O)Nc1ccc(F)c(F)c1)OCC(C)(c1ccccc1)NS2(=O)=O. The van der Waals surface area contributed by atoms with Gasteiger partial charge in [-0.05, 0) is 24.6 Å². The summed E-state index contributed by atoms with van der Waals surface area (Å²) in [4.78, 5) is 12.7. The van der Waals surface area contributed by atoms with Crippen molar-refractivity contribution in [3.63, 3.8) is 0 Å². The highest BCUT2D eigenvalue weighted by Gasteiger charge is 2.41. The first-order chi connectivity index (χ1) is 14.6. The lowest BCUT2D eigenvalue weighted by atomic mass is 9.94. The quantitative estimate of drug-likeness (QED) is 0.646. The molecule has 1 amide bonds. The molecule has 1 atom stereocenters. The maximum atomic E-state index is 13.5. The summed E-state index contributed by atoms with van der Waals surface area (Å²) in [6, 6.07) is 11.9. The van der Waals surface area contributed by atoms with E-state index in [1.54, 1.807) is 31.2 Å². The first kappa shape index (κ1) is 21.0. The van der Waals surface area contributed by atoms with E-state index in [1.807, 2.05) is 6.07 Å². The van der Waals surface area contributed by atoms with Crippen LogP contribution in [0.3, 0.4) is 0 Å². The summed E-state index contributed by atoms with van der Waals surface area (Å²) in [7, 11) is -2.55. The van der Waals surface area contributed by atoms with Gasteiger partial charge in [0.25, 0.3) is 5.91 Å². The minimum atomic E-state index is -4.04. The van der Waals surface area contributed by atoms with E-state index >= 15 is 0 Å². The highest BCUT2D eigenvalue weighted by Crippen LogP contribution is 2.37. The van der Waals surface area contributed by atoms with Gasteiger partial charge in [-0.15, -0.1) is 0 Å². The van der Waals surface area contributed by atoms with Crippen molar-refractivity contribution in [3.05, 3.63) is 77.6 Å². The van der Waals surface area contributed by atoms with E-state index in [-0.39, 0.29) is 28.6 Å². The van der Waals surface area contributed by atoms with Gasteiger partial charge in [0.15, 0.2) is 23.1 Å². The zero-order valence-corrected chi connectivity index (χ0v) is 17.5. The van der Waals surface area contributed by atoms with Crippen LogP contribution >= 0.6 is 0 Å². The average molecular weight is 447 g/mol. The van der Waals surface area contributed by atoms with Gasteiger partial charge in [-0.2, -0.15) is 4.72 Å². The largest absolute Gasteiger partial charge is 0.487 e. The molecule has 1 aliphatic rings. The van der Waals surface area contributed by atoms with Crippen molar-refractivity contribution in [1.82, 2.24) is 9.29 Å². The number of hydrogen-bond donors (Lipinski definition) is 2. The monoisotopic (exact) mass is 447 g/mol. The van der Waals surface area contributed by atoms with Gasteiger partial charge in [0, 0.05) is 25.0 Å². The van der Waals surface area contributed by atoms with Gasteiger partial charge in [-0.1, -0.05) is 30.3 Å². The fraction of sp³-hybridized carbons (Fsp3) is 0.190. The average Bonchev–Trinajstić information content (AvgIpc) is 3.02. The van der Waals surface area contributed by atoms with Crippen molar-refractivity contribution < 1.29 is 26.7 Å². The highest BCUT2D eigenvalue weighted by atomic mass is 32.2. The first-order valence-electron chi connectivity index (χ1n) is 9.29. The maximum absolute atomic E-state index is 13.5. The third-order valence-electron chi connectivity index (χ3n) is 5.06. The smallest absolute Gasteiger partial charge is 0.276 e. The van der Waals surface area contributed by atoms with Crippen LogP contribution in [0.25, 0.3) is 0 Å². The Bertz CT molecular complexity index is 1280. The Morgan fingerprint density at radius 2 is 1.87 bits per heavy atom. The molecule has 4 rings (SSSR count). The lowest BCUT2D eigenvalue weighted by Gasteiger charge is -2.28. The molecule has 2 heterocycles. The van der Waals surface area contributed by atoms with Gasteiger partial charge in [-0.25, -0.2) is 17.2 Å². The van der Waals surface area contributed by atoms with Gasteiger partial charge < -0.3 is 14.6 Å². The first-order valence-corrected chi connectivity index (χ1v) is 10.8. The van der Waals surface area contributed by atoms with Crippen LogP contribution in [-0.2, 0) is 22.6 Å². The van der Waals surface area contributed by atoms with E-state index in [4.69, 9.17) is 4.74 Å². The van der Waals surface area contributed by atoms with E-state index in [2.05, 4.69) is 10.0 Å². The van der Waals surface area contributed by atoms with Gasteiger partial charge >= 0.3 is 0 Å². The van der Waals surface area contributed by atoms with Crippen LogP contribution in [0.15, 0.2) is 59.6 Å². The number of carbonyl (C=O) groups excluding carboxylic acids is 1. The summed E-state index contributed by atoms with van der Waals surface area (Å²) in [6.45, 7) is 1.62. The number of anilines is 1. The molecule has 0 fully saturated rings. The van der Waals surface area contributed by atoms with Crippen LogP contribution in [0.5, 0.6) is 5.75 Å². The topological polar surface area (TPSA) is 89.4 Å². The van der Waals surface area contributed by atoms with Crippen molar-refractivity contribution in [1.29, 1.82) is 0 Å². The molecule has 0 spiro atoms. The van der Waals surface area contributed by atoms with E-state index in [1.165, 1.54) is 23.9 Å². The Morgan fingerprint density at radius 3 is 2.55 bits per heavy atom. The molecule has 1 unspecified atom stereocenters. The zero-order chi connectivity index (χ0) is 22.4. The van der Waals surface area contributed by atoms with Crippen molar-refractivity contribution in [3.8, 4) is 5.75 Å². The Balaban J connectivity index is 1.72. The second-order valence-electron chi connectivity index (χ2n) is 7.46. The number of rotatable bonds is 3. The number of ether oxygens (including phenoxy) is 1. The summed E-state index contributed by atoms with van der Waals surface area (Å²) >= 11 is 0. The van der Waals surface area contributed by atoms with E-state index < -0.39 is 33.1 Å². The number of aromatic nitrogens is 1. The third kappa shape index (κ3) is 3.79. The van der Waals surface area contributed by atoms with Crippen LogP contribution in [0.2, 0.25) is 0 Å². The number of nitrogens with one attached hydrogen (secondary N) is 2. The molecule has 2 aromatic carbocycles. The predicted molar refractivity (Wildman–Crippen MR) is 109 cm³/mol. The Labute approximate surface area is 177 Å². The second kappa shape index (κ2) is 7.47. The summed E-state index contributed by atoms with van der Waals surface area (Å²) in [5.74, 6) is -3.01. The van der Waals surface area contributed by atoms with Gasteiger partial charge in [0.05, 0.1) is 5.54 Å². The predicted octanol–water partition coefficient (Wildman–Crippen LogP) is 3.14. The molecule has 2 N–H and O–H groups in total. The number of fused-ring (bicyclic) bond motifs is 1. The highest BCUT2D eigenvalue weighted by molar-refractivity contribution is 7.89. The number of aryl methyl sites for hydroxylation is 1. The summed E-state index contributed by atoms with van der Waals surface area (Å²) < 4.78 is 62.6. The molecule has 0 aliphatic carbocycles. The number of carbonyl (C=O) groups is 1. The number of nitrogens with zero attached hydrogens (tertiary/aromatic N) is 1. The Morgan fingerprint density at radius 1 is 1.16 bits per heavy atom. The van der Waals surface area contributed by atoms with E-state index in [0.717, 1.165) is 12.1 Å². The minimum absolute atomic E-state index is 0.0163. The van der Waals surface area contributed by atoms with Gasteiger partial charge in [0.2, 0.25) is 10.0 Å². The van der Waals surface area contributed by atoms with Gasteiger partial charge in [-0.3, -0.25) is 4.79 Å². The number of benzene rings is 2. The number of hydrogen-bond acceptors (Lipinski definition) is 4. The Kier molecular flexibility index (Phi) is 5.06. The maximum Gasteiger partial charge on any atom is 0.276 e. The third-order valence-corrected chi connectivity index (χ3v) is 6.65. The number of sulfonamides is 1. The molecule has 31 heavy (non-hydrogen) atoms. The molecule has 1 aromatic heterocycles. The minimum Gasteiger partial charge on any atom is -0.487 e. The molecule has 0 bridgehead atoms. The normalized spacial score (nSPS) is 19.7. The lowest BCUT2D eigenvalue weighted by molar-refractivity contribution is 0.101. The molecule has 7 nitrogen and oxygen atoms in total. The fourth-order valence-electron chi connectivity index (χ4n) is 3.48. The molecule has 10 heteroatoms. The van der Waals surface area contributed by atoms with E-state index in [9.17, 15) is 22.0 Å². The number of amides is 1. The van der Waals surface area contributed by atoms with Crippen LogP contribution in [0.4, 0.5) is 14.5 Å². The fourth-order valence-corrected chi connectivity index (χ4v) is 5.06. The molecular weight excluding hydrogens is 428 g/mol. The lowest BCUT2D eigenvalue weighted by Crippen LogP contribution is -2.46. The van der Waals surface area contributed by atoms with Gasteiger partial charge in [0.1, 0.15) is 11.5 Å². The number of halogens is 2. The van der Waals surface area contributed by atoms with Crippen molar-refractivity contribution in [2.45, 2.75) is 17.4 Å². The molecule has 162 valence electrons. The molecule has 0 saturated carbocycles. The van der Waals surface area contributed by atoms with Crippen LogP contribution in [0.1, 0.15) is 23.0 Å². The summed E-state index contributed by atoms with van der Waals surface area (Å²) in [5.41, 5.74) is -0.427. The van der Waals surface area contributed by atoms with Crippen molar-refractivity contribution in [2.24, 2.45) is 7.05 Å². The second-order valence-corrected chi connectivity index (χ2v) is 9.11. The van der Waals surface area contributed by atoms with Crippen molar-refractivity contribution in [2.75, 3.05) is 11.9 Å². The Hall–Kier alpha value is -3.24. The van der Waals surface area contributed by atoms with Crippen molar-refractivity contribution >= 4 is 21.6 Å².